The smallest absolute Gasteiger partial charge is 0.306 e. The Kier molecular flexibility index (Phi) is 45.1. The van der Waals surface area contributed by atoms with Crippen molar-refractivity contribution in [1.29, 1.82) is 0 Å². The fourth-order valence-corrected chi connectivity index (χ4v) is 6.04. The first-order chi connectivity index (χ1) is 28.6. The summed E-state index contributed by atoms with van der Waals surface area (Å²) in [6.07, 6.45) is 68.8. The summed E-state index contributed by atoms with van der Waals surface area (Å²) in [7, 11) is 0. The van der Waals surface area contributed by atoms with Gasteiger partial charge in [0.05, 0.1) is 6.61 Å². The molecule has 1 N–H and O–H groups in total. The average Bonchev–Trinajstić information content (AvgIpc) is 3.23. The van der Waals surface area contributed by atoms with Gasteiger partial charge in [-0.05, 0) is 96.3 Å². The van der Waals surface area contributed by atoms with Crippen molar-refractivity contribution in [2.45, 2.75) is 200 Å². The molecule has 0 aromatic rings. The van der Waals surface area contributed by atoms with Crippen LogP contribution in [-0.2, 0) is 19.1 Å². The highest BCUT2D eigenvalue weighted by Crippen LogP contribution is 2.13. The Hall–Kier alpha value is -3.44. The van der Waals surface area contributed by atoms with E-state index in [1.807, 2.05) is 0 Å². The molecule has 58 heavy (non-hydrogen) atoms. The molecule has 0 aliphatic heterocycles. The van der Waals surface area contributed by atoms with E-state index in [1.165, 1.54) is 57.8 Å². The van der Waals surface area contributed by atoms with Gasteiger partial charge in [-0.3, -0.25) is 9.59 Å². The molecular weight excluding hydrogens is 717 g/mol. The maximum absolute atomic E-state index is 12.2. The SMILES string of the molecule is CC/C=C\C/C=C\C/C=C\C/C=C\C/C=C\C/C=C\C/C=C\CCCCCCCCCCCC(=O)OC(CO)COC(=O)CCCCCCC/C=C\C/C=C\CCC. The minimum atomic E-state index is -0.787. The van der Waals surface area contributed by atoms with E-state index in [0.29, 0.717) is 12.8 Å². The van der Waals surface area contributed by atoms with Gasteiger partial charge in [0.2, 0.25) is 0 Å². The highest BCUT2D eigenvalue weighted by molar-refractivity contribution is 5.70. The molecule has 0 rings (SSSR count). The minimum absolute atomic E-state index is 0.0817. The van der Waals surface area contributed by atoms with Crippen LogP contribution in [0.25, 0.3) is 0 Å². The molecule has 0 aliphatic rings. The van der Waals surface area contributed by atoms with Crippen LogP contribution >= 0.6 is 0 Å². The first-order valence-electron chi connectivity index (χ1n) is 23.4. The van der Waals surface area contributed by atoms with Crippen molar-refractivity contribution in [3.8, 4) is 0 Å². The second-order valence-corrected chi connectivity index (χ2v) is 15.1. The zero-order valence-electron chi connectivity index (χ0n) is 37.3. The molecule has 1 unspecified atom stereocenters. The van der Waals surface area contributed by atoms with Crippen LogP contribution in [-0.4, -0.2) is 36.4 Å². The number of rotatable bonds is 41. The number of carbonyl (C=O) groups is 2. The third kappa shape index (κ3) is 45.3. The van der Waals surface area contributed by atoms with Gasteiger partial charge in [-0.15, -0.1) is 0 Å². The predicted octanol–water partition coefficient (Wildman–Crippen LogP) is 15.4. The fourth-order valence-electron chi connectivity index (χ4n) is 6.04. The van der Waals surface area contributed by atoms with Gasteiger partial charge in [0.25, 0.3) is 0 Å². The number of allylic oxidation sites excluding steroid dienone is 18. The molecule has 0 amide bonds. The average molecular weight is 803 g/mol. The largest absolute Gasteiger partial charge is 0.462 e. The highest BCUT2D eigenvalue weighted by atomic mass is 16.6. The van der Waals surface area contributed by atoms with Crippen molar-refractivity contribution in [3.63, 3.8) is 0 Å². The predicted molar refractivity (Wildman–Crippen MR) is 251 cm³/mol. The Balaban J connectivity index is 3.60. The Morgan fingerprint density at radius 3 is 1.12 bits per heavy atom. The van der Waals surface area contributed by atoms with E-state index in [1.54, 1.807) is 0 Å². The summed E-state index contributed by atoms with van der Waals surface area (Å²) < 4.78 is 10.6. The Morgan fingerprint density at radius 1 is 0.414 bits per heavy atom. The lowest BCUT2D eigenvalue weighted by atomic mass is 10.1. The summed E-state index contributed by atoms with van der Waals surface area (Å²) in [5.74, 6) is -0.623. The summed E-state index contributed by atoms with van der Waals surface area (Å²) in [5.41, 5.74) is 0. The molecule has 328 valence electrons. The number of ether oxygens (including phenoxy) is 2. The summed E-state index contributed by atoms with van der Waals surface area (Å²) in [6, 6.07) is 0. The number of carbonyl (C=O) groups excluding carboxylic acids is 2. The summed E-state index contributed by atoms with van der Waals surface area (Å²) >= 11 is 0. The number of unbranched alkanes of at least 4 members (excludes halogenated alkanes) is 15. The van der Waals surface area contributed by atoms with Crippen LogP contribution in [0.1, 0.15) is 194 Å². The molecule has 0 fully saturated rings. The van der Waals surface area contributed by atoms with Crippen LogP contribution in [0.5, 0.6) is 0 Å². The summed E-state index contributed by atoms with van der Waals surface area (Å²) in [6.45, 7) is 3.93. The van der Waals surface area contributed by atoms with Crippen molar-refractivity contribution in [2.24, 2.45) is 0 Å². The molecule has 0 aliphatic carbocycles. The lowest BCUT2D eigenvalue weighted by Crippen LogP contribution is -2.28. The maximum atomic E-state index is 12.2. The van der Waals surface area contributed by atoms with E-state index >= 15 is 0 Å². The standard InChI is InChI=1S/C53H86O5/c1-3-5-7-9-11-13-15-17-18-19-20-21-22-23-24-25-26-27-28-29-30-31-32-33-34-36-38-40-42-44-46-48-53(56)58-51(49-54)50-57-52(55)47-45-43-41-39-37-35-16-14-12-10-8-6-4-2/h5,7-8,10-11,13-14,16-18,20-21,23-24,26-27,29-30,51,54H,3-4,6,9,12,15,19,22,25,28,31-50H2,1-2H3/b7-5-,10-8-,13-11-,16-14-,18-17-,21-20-,24-23-,27-26-,30-29-. The third-order valence-electron chi connectivity index (χ3n) is 9.53. The van der Waals surface area contributed by atoms with Crippen LogP contribution in [0.3, 0.4) is 0 Å². The van der Waals surface area contributed by atoms with Gasteiger partial charge in [0, 0.05) is 12.8 Å². The molecule has 0 spiro atoms. The summed E-state index contributed by atoms with van der Waals surface area (Å²) in [5, 5.41) is 9.59. The molecule has 5 nitrogen and oxygen atoms in total. The second-order valence-electron chi connectivity index (χ2n) is 15.1. The molecule has 0 bridgehead atoms. The molecule has 0 aromatic carbocycles. The van der Waals surface area contributed by atoms with E-state index in [0.717, 1.165) is 109 Å². The van der Waals surface area contributed by atoms with Gasteiger partial charge >= 0.3 is 11.9 Å². The molecule has 0 saturated carbocycles. The van der Waals surface area contributed by atoms with E-state index in [-0.39, 0.29) is 25.2 Å². The number of aliphatic hydroxyl groups excluding tert-OH is 1. The van der Waals surface area contributed by atoms with Crippen molar-refractivity contribution >= 4 is 11.9 Å². The molecular formula is C53H86O5. The minimum Gasteiger partial charge on any atom is -0.462 e. The second kappa shape index (κ2) is 47.9. The fraction of sp³-hybridized carbons (Fsp3) is 0.623. The van der Waals surface area contributed by atoms with Crippen molar-refractivity contribution in [1.82, 2.24) is 0 Å². The topological polar surface area (TPSA) is 72.8 Å². The Labute approximate surface area is 357 Å². The van der Waals surface area contributed by atoms with Gasteiger partial charge < -0.3 is 14.6 Å². The zero-order chi connectivity index (χ0) is 42.1. The molecule has 0 aromatic heterocycles. The molecule has 0 radical (unpaired) electrons. The first-order valence-corrected chi connectivity index (χ1v) is 23.4. The molecule has 5 heteroatoms. The normalized spacial score (nSPS) is 13.2. The Bertz CT molecular complexity index is 1180. The van der Waals surface area contributed by atoms with E-state index in [9.17, 15) is 14.7 Å². The number of aliphatic hydroxyl groups is 1. The third-order valence-corrected chi connectivity index (χ3v) is 9.53. The zero-order valence-corrected chi connectivity index (χ0v) is 37.3. The van der Waals surface area contributed by atoms with Crippen LogP contribution in [0.2, 0.25) is 0 Å². The highest BCUT2D eigenvalue weighted by Gasteiger charge is 2.16. The molecule has 1 atom stereocenters. The van der Waals surface area contributed by atoms with Crippen LogP contribution < -0.4 is 0 Å². The van der Waals surface area contributed by atoms with E-state index < -0.39 is 6.10 Å². The number of hydrogen-bond donors (Lipinski definition) is 1. The van der Waals surface area contributed by atoms with Crippen molar-refractivity contribution in [2.75, 3.05) is 13.2 Å². The van der Waals surface area contributed by atoms with Crippen LogP contribution in [0.15, 0.2) is 109 Å². The van der Waals surface area contributed by atoms with Crippen molar-refractivity contribution < 1.29 is 24.2 Å². The van der Waals surface area contributed by atoms with Gasteiger partial charge in [0.1, 0.15) is 6.61 Å². The molecule has 0 saturated heterocycles. The van der Waals surface area contributed by atoms with Crippen LogP contribution in [0.4, 0.5) is 0 Å². The maximum Gasteiger partial charge on any atom is 0.306 e. The van der Waals surface area contributed by atoms with Crippen LogP contribution in [0, 0.1) is 0 Å². The van der Waals surface area contributed by atoms with Gasteiger partial charge in [0.15, 0.2) is 6.10 Å². The lowest BCUT2D eigenvalue weighted by molar-refractivity contribution is -0.161. The van der Waals surface area contributed by atoms with E-state index in [2.05, 4.69) is 123 Å². The van der Waals surface area contributed by atoms with Gasteiger partial charge in [-0.25, -0.2) is 0 Å². The van der Waals surface area contributed by atoms with Gasteiger partial charge in [-0.1, -0.05) is 194 Å². The lowest BCUT2D eigenvalue weighted by Gasteiger charge is -2.15. The molecule has 0 heterocycles. The first kappa shape index (κ1) is 54.6. The quantitative estimate of drug-likeness (QED) is 0.0379. The Morgan fingerprint density at radius 2 is 0.741 bits per heavy atom. The summed E-state index contributed by atoms with van der Waals surface area (Å²) in [4.78, 5) is 24.3. The van der Waals surface area contributed by atoms with Gasteiger partial charge in [-0.2, -0.15) is 0 Å². The van der Waals surface area contributed by atoms with Crippen molar-refractivity contribution in [3.05, 3.63) is 109 Å². The number of esters is 2. The number of hydrogen-bond acceptors (Lipinski definition) is 5. The van der Waals surface area contributed by atoms with E-state index in [4.69, 9.17) is 9.47 Å². The monoisotopic (exact) mass is 803 g/mol.